The number of carbonyl (C=O) groups excluding carboxylic acids is 2. The summed E-state index contributed by atoms with van der Waals surface area (Å²) in [6.45, 7) is 5.05. The van der Waals surface area contributed by atoms with Crippen molar-refractivity contribution >= 4 is 34.5 Å². The number of thiazole rings is 1. The van der Waals surface area contributed by atoms with Crippen molar-refractivity contribution in [2.24, 2.45) is 0 Å². The molecular weight excluding hydrogens is 380 g/mol. The molecule has 27 heavy (non-hydrogen) atoms. The summed E-state index contributed by atoms with van der Waals surface area (Å²) >= 11 is 3.14. The van der Waals surface area contributed by atoms with E-state index in [-0.39, 0.29) is 11.8 Å². The van der Waals surface area contributed by atoms with Gasteiger partial charge in [0.15, 0.2) is 0 Å². The lowest BCUT2D eigenvalue weighted by atomic mass is 10.1. The second-order valence-electron chi connectivity index (χ2n) is 7.06. The molecule has 6 nitrogen and oxygen atoms in total. The summed E-state index contributed by atoms with van der Waals surface area (Å²) in [6, 6.07) is 2.02. The van der Waals surface area contributed by atoms with E-state index in [1.54, 1.807) is 11.3 Å². The highest BCUT2D eigenvalue weighted by Crippen LogP contribution is 2.26. The van der Waals surface area contributed by atoms with Crippen molar-refractivity contribution in [2.75, 3.05) is 45.8 Å². The van der Waals surface area contributed by atoms with E-state index >= 15 is 0 Å². The van der Waals surface area contributed by atoms with Crippen LogP contribution in [0, 0.1) is 0 Å². The average Bonchev–Trinajstić information content (AvgIpc) is 3.40. The molecular formula is C19H24N4O2S2. The van der Waals surface area contributed by atoms with Crippen molar-refractivity contribution in [3.63, 3.8) is 0 Å². The normalized spacial score (nSPS) is 18.7. The first kappa shape index (κ1) is 18.6. The second kappa shape index (κ2) is 8.50. The van der Waals surface area contributed by atoms with E-state index in [0.717, 1.165) is 49.6 Å². The van der Waals surface area contributed by atoms with Crippen LogP contribution in [0.3, 0.4) is 0 Å². The van der Waals surface area contributed by atoms with Crippen LogP contribution in [0.25, 0.3) is 10.6 Å². The van der Waals surface area contributed by atoms with E-state index in [1.165, 1.54) is 17.8 Å². The third kappa shape index (κ3) is 4.39. The number of carbonyl (C=O) groups is 2. The van der Waals surface area contributed by atoms with Crippen LogP contribution in [0.15, 0.2) is 22.2 Å². The molecule has 2 aliphatic rings. The third-order valence-electron chi connectivity index (χ3n) is 5.22. The van der Waals surface area contributed by atoms with Crippen LogP contribution in [-0.4, -0.2) is 77.3 Å². The van der Waals surface area contributed by atoms with Gasteiger partial charge in [-0.05, 0) is 30.7 Å². The molecule has 0 N–H and O–H groups in total. The van der Waals surface area contributed by atoms with E-state index in [2.05, 4.69) is 9.88 Å². The van der Waals surface area contributed by atoms with Crippen LogP contribution in [0.4, 0.5) is 0 Å². The summed E-state index contributed by atoms with van der Waals surface area (Å²) in [5, 5.41) is 6.81. The zero-order chi connectivity index (χ0) is 18.6. The van der Waals surface area contributed by atoms with Crippen LogP contribution in [0.5, 0.6) is 0 Å². The first-order chi connectivity index (χ1) is 13.2. The van der Waals surface area contributed by atoms with Gasteiger partial charge in [-0.3, -0.25) is 14.5 Å². The number of rotatable bonds is 4. The van der Waals surface area contributed by atoms with Gasteiger partial charge in [0.25, 0.3) is 5.91 Å². The molecule has 0 atom stereocenters. The summed E-state index contributed by atoms with van der Waals surface area (Å²) in [5.74, 6) is 0.226. The highest BCUT2D eigenvalue weighted by Gasteiger charge is 2.26. The smallest absolute Gasteiger partial charge is 0.273 e. The fraction of sp³-hybridized carbons (Fsp3) is 0.526. The minimum atomic E-state index is -0.00487. The summed E-state index contributed by atoms with van der Waals surface area (Å²) in [6.07, 6.45) is 3.47. The maximum absolute atomic E-state index is 12.7. The van der Waals surface area contributed by atoms with Crippen molar-refractivity contribution in [3.05, 3.63) is 27.9 Å². The Hall–Kier alpha value is -1.77. The highest BCUT2D eigenvalue weighted by molar-refractivity contribution is 7.14. The van der Waals surface area contributed by atoms with E-state index in [9.17, 15) is 9.59 Å². The topological polar surface area (TPSA) is 56.8 Å². The number of hydrogen-bond acceptors (Lipinski definition) is 6. The number of aromatic nitrogens is 1. The number of piperidine rings is 1. The van der Waals surface area contributed by atoms with Crippen molar-refractivity contribution in [2.45, 2.75) is 19.3 Å². The zero-order valence-corrected chi connectivity index (χ0v) is 16.9. The average molecular weight is 405 g/mol. The molecule has 4 heterocycles. The van der Waals surface area contributed by atoms with E-state index < -0.39 is 0 Å². The Labute approximate surface area is 167 Å². The van der Waals surface area contributed by atoms with Crippen molar-refractivity contribution in [1.29, 1.82) is 0 Å². The standard InChI is InChI=1S/C19H24N4O2S2/c24-17(22-5-2-1-3-6-22)12-21-7-9-23(10-8-21)19(25)16-14-27-18(20-16)15-4-11-26-13-15/h4,11,13-14H,1-3,5-10,12H2. The zero-order valence-electron chi connectivity index (χ0n) is 15.3. The Morgan fingerprint density at radius 3 is 2.44 bits per heavy atom. The van der Waals surface area contributed by atoms with Gasteiger partial charge in [-0.25, -0.2) is 4.98 Å². The number of thiophene rings is 1. The summed E-state index contributed by atoms with van der Waals surface area (Å²) in [7, 11) is 0. The van der Waals surface area contributed by atoms with Crippen molar-refractivity contribution in [1.82, 2.24) is 19.7 Å². The molecule has 0 spiro atoms. The fourth-order valence-corrected chi connectivity index (χ4v) is 5.10. The molecule has 4 rings (SSSR count). The molecule has 8 heteroatoms. The van der Waals surface area contributed by atoms with Crippen molar-refractivity contribution < 1.29 is 9.59 Å². The fourth-order valence-electron chi connectivity index (χ4n) is 3.60. The molecule has 2 aliphatic heterocycles. The largest absolute Gasteiger partial charge is 0.342 e. The Morgan fingerprint density at radius 1 is 0.963 bits per heavy atom. The molecule has 2 amide bonds. The highest BCUT2D eigenvalue weighted by atomic mass is 32.1. The van der Waals surface area contributed by atoms with E-state index in [1.807, 2.05) is 32.0 Å². The van der Waals surface area contributed by atoms with Crippen LogP contribution >= 0.6 is 22.7 Å². The van der Waals surface area contributed by atoms with Crippen LogP contribution in [-0.2, 0) is 4.79 Å². The predicted molar refractivity (Wildman–Crippen MR) is 108 cm³/mol. The lowest BCUT2D eigenvalue weighted by molar-refractivity contribution is -0.133. The molecule has 2 aromatic rings. The Bertz CT molecular complexity index is 775. The third-order valence-corrected chi connectivity index (χ3v) is 6.79. The van der Waals surface area contributed by atoms with Crippen LogP contribution in [0.2, 0.25) is 0 Å². The molecule has 0 radical (unpaired) electrons. The molecule has 0 aromatic carbocycles. The van der Waals surface area contributed by atoms with Gasteiger partial charge >= 0.3 is 0 Å². The van der Waals surface area contributed by atoms with Crippen LogP contribution in [0.1, 0.15) is 29.8 Å². The first-order valence-corrected chi connectivity index (χ1v) is 11.3. The summed E-state index contributed by atoms with van der Waals surface area (Å²) < 4.78 is 0. The summed E-state index contributed by atoms with van der Waals surface area (Å²) in [5.41, 5.74) is 1.60. The van der Waals surface area contributed by atoms with Gasteiger partial charge in [-0.15, -0.1) is 11.3 Å². The van der Waals surface area contributed by atoms with Gasteiger partial charge in [-0.1, -0.05) is 0 Å². The van der Waals surface area contributed by atoms with Gasteiger partial charge in [0, 0.05) is 55.6 Å². The number of nitrogens with zero attached hydrogens (tertiary/aromatic N) is 4. The SMILES string of the molecule is O=C(CN1CCN(C(=O)c2csc(-c3ccsc3)n2)CC1)N1CCCCC1. The predicted octanol–water partition coefficient (Wildman–Crippen LogP) is 2.64. The molecule has 2 aromatic heterocycles. The Kier molecular flexibility index (Phi) is 5.85. The van der Waals surface area contributed by atoms with Gasteiger partial charge in [-0.2, -0.15) is 11.3 Å². The number of likely N-dealkylation sites (tertiary alicyclic amines) is 1. The van der Waals surface area contributed by atoms with E-state index in [0.29, 0.717) is 25.3 Å². The molecule has 0 aliphatic carbocycles. The summed E-state index contributed by atoms with van der Waals surface area (Å²) in [4.78, 5) is 35.7. The van der Waals surface area contributed by atoms with Gasteiger partial charge in [0.05, 0.1) is 6.54 Å². The molecule has 0 unspecified atom stereocenters. The molecule has 0 saturated carbocycles. The van der Waals surface area contributed by atoms with Crippen LogP contribution < -0.4 is 0 Å². The number of hydrogen-bond donors (Lipinski definition) is 0. The quantitative estimate of drug-likeness (QED) is 0.786. The number of piperazine rings is 1. The maximum Gasteiger partial charge on any atom is 0.273 e. The minimum absolute atomic E-state index is 0.00487. The molecule has 2 fully saturated rings. The Morgan fingerprint density at radius 2 is 1.74 bits per heavy atom. The Balaban J connectivity index is 1.28. The monoisotopic (exact) mass is 404 g/mol. The van der Waals surface area contributed by atoms with Gasteiger partial charge in [0.1, 0.15) is 10.7 Å². The second-order valence-corrected chi connectivity index (χ2v) is 8.70. The lowest BCUT2D eigenvalue weighted by Gasteiger charge is -2.35. The first-order valence-electron chi connectivity index (χ1n) is 9.48. The molecule has 0 bridgehead atoms. The number of amides is 2. The van der Waals surface area contributed by atoms with E-state index in [4.69, 9.17) is 0 Å². The minimum Gasteiger partial charge on any atom is -0.342 e. The van der Waals surface area contributed by atoms with Gasteiger partial charge in [0.2, 0.25) is 5.91 Å². The van der Waals surface area contributed by atoms with Crippen molar-refractivity contribution in [3.8, 4) is 10.6 Å². The molecule has 144 valence electrons. The lowest BCUT2D eigenvalue weighted by Crippen LogP contribution is -2.52. The maximum atomic E-state index is 12.7. The van der Waals surface area contributed by atoms with Gasteiger partial charge < -0.3 is 9.80 Å². The molecule has 2 saturated heterocycles.